The molecule has 0 aliphatic carbocycles. The van der Waals surface area contributed by atoms with Crippen molar-refractivity contribution < 1.29 is 13.2 Å². The number of carbonyl (C=O) groups is 1. The van der Waals surface area contributed by atoms with E-state index < -0.39 is 10.0 Å². The van der Waals surface area contributed by atoms with Crippen molar-refractivity contribution in [3.8, 4) is 0 Å². The van der Waals surface area contributed by atoms with Gasteiger partial charge in [0.15, 0.2) is 0 Å². The van der Waals surface area contributed by atoms with Gasteiger partial charge in [-0.2, -0.15) is 0 Å². The van der Waals surface area contributed by atoms with Crippen LogP contribution in [-0.4, -0.2) is 14.3 Å². The standard InChI is InChI=1S/C22H22N2O3S/c1-16-11-13-18(14-12-16)17(2)23-22(25)19-7-6-10-21(15-19)28(26,27)24-20-8-4-3-5-9-20/h3-15,17,24H,1-2H3,(H,23,25). The van der Waals surface area contributed by atoms with E-state index in [4.69, 9.17) is 0 Å². The Morgan fingerprint density at radius 3 is 2.25 bits per heavy atom. The number of hydrogen-bond acceptors (Lipinski definition) is 3. The predicted molar refractivity (Wildman–Crippen MR) is 111 cm³/mol. The molecule has 0 aliphatic heterocycles. The van der Waals surface area contributed by atoms with E-state index in [-0.39, 0.29) is 22.4 Å². The maximum atomic E-state index is 12.6. The molecule has 0 saturated carbocycles. The molecule has 0 aromatic heterocycles. The van der Waals surface area contributed by atoms with Crippen LogP contribution in [0.3, 0.4) is 0 Å². The molecular weight excluding hydrogens is 372 g/mol. The van der Waals surface area contributed by atoms with Crippen molar-refractivity contribution in [1.29, 1.82) is 0 Å². The Balaban J connectivity index is 1.76. The first-order valence-electron chi connectivity index (χ1n) is 8.90. The molecule has 0 spiro atoms. The maximum Gasteiger partial charge on any atom is 0.261 e. The highest BCUT2D eigenvalue weighted by Crippen LogP contribution is 2.18. The normalized spacial score (nSPS) is 12.2. The van der Waals surface area contributed by atoms with E-state index >= 15 is 0 Å². The Morgan fingerprint density at radius 2 is 1.57 bits per heavy atom. The van der Waals surface area contributed by atoms with Crippen LogP contribution in [0.5, 0.6) is 0 Å². The maximum absolute atomic E-state index is 12.6. The van der Waals surface area contributed by atoms with Crippen LogP contribution in [0, 0.1) is 6.92 Å². The number of para-hydroxylation sites is 1. The van der Waals surface area contributed by atoms with Crippen molar-refractivity contribution >= 4 is 21.6 Å². The molecule has 0 saturated heterocycles. The molecule has 6 heteroatoms. The lowest BCUT2D eigenvalue weighted by molar-refractivity contribution is 0.0939. The largest absolute Gasteiger partial charge is 0.346 e. The van der Waals surface area contributed by atoms with E-state index in [1.54, 1.807) is 42.5 Å². The summed E-state index contributed by atoms with van der Waals surface area (Å²) in [5, 5.41) is 2.91. The third kappa shape index (κ3) is 4.78. The average Bonchev–Trinajstić information content (AvgIpc) is 2.69. The number of carbonyl (C=O) groups excluding carboxylic acids is 1. The fourth-order valence-corrected chi connectivity index (χ4v) is 3.85. The van der Waals surface area contributed by atoms with Gasteiger partial charge in [0, 0.05) is 11.3 Å². The summed E-state index contributed by atoms with van der Waals surface area (Å²) < 4.78 is 27.7. The molecule has 3 rings (SSSR count). The predicted octanol–water partition coefficient (Wildman–Crippen LogP) is 4.29. The molecule has 3 aromatic carbocycles. The van der Waals surface area contributed by atoms with E-state index in [0.717, 1.165) is 11.1 Å². The molecule has 3 aromatic rings. The topological polar surface area (TPSA) is 75.3 Å². The zero-order chi connectivity index (χ0) is 20.1. The molecule has 144 valence electrons. The fourth-order valence-electron chi connectivity index (χ4n) is 2.74. The SMILES string of the molecule is Cc1ccc(C(C)NC(=O)c2cccc(S(=O)(=O)Nc3ccccc3)c2)cc1. The lowest BCUT2D eigenvalue weighted by Crippen LogP contribution is -2.27. The number of hydrogen-bond donors (Lipinski definition) is 2. The van der Waals surface area contributed by atoms with Gasteiger partial charge in [-0.1, -0.05) is 54.1 Å². The van der Waals surface area contributed by atoms with Gasteiger partial charge in [0.05, 0.1) is 10.9 Å². The molecule has 1 unspecified atom stereocenters. The zero-order valence-electron chi connectivity index (χ0n) is 15.7. The van der Waals surface area contributed by atoms with Gasteiger partial charge in [-0.25, -0.2) is 8.42 Å². The van der Waals surface area contributed by atoms with Crippen molar-refractivity contribution in [1.82, 2.24) is 5.32 Å². The molecule has 0 heterocycles. The number of rotatable bonds is 6. The summed E-state index contributed by atoms with van der Waals surface area (Å²) in [7, 11) is -3.78. The minimum Gasteiger partial charge on any atom is -0.346 e. The van der Waals surface area contributed by atoms with Crippen LogP contribution >= 0.6 is 0 Å². The highest BCUT2D eigenvalue weighted by atomic mass is 32.2. The summed E-state index contributed by atoms with van der Waals surface area (Å²) in [6.45, 7) is 3.89. The number of amides is 1. The summed E-state index contributed by atoms with van der Waals surface area (Å²) >= 11 is 0. The molecule has 28 heavy (non-hydrogen) atoms. The van der Waals surface area contributed by atoms with Gasteiger partial charge in [-0.05, 0) is 49.7 Å². The summed E-state index contributed by atoms with van der Waals surface area (Å²) in [5.41, 5.74) is 2.87. The van der Waals surface area contributed by atoms with E-state index in [1.165, 1.54) is 12.1 Å². The van der Waals surface area contributed by atoms with Crippen molar-refractivity contribution in [3.63, 3.8) is 0 Å². The first-order chi connectivity index (χ1) is 13.3. The van der Waals surface area contributed by atoms with Gasteiger partial charge in [0.2, 0.25) is 0 Å². The van der Waals surface area contributed by atoms with E-state index in [2.05, 4.69) is 10.0 Å². The van der Waals surface area contributed by atoms with Gasteiger partial charge < -0.3 is 5.32 Å². The van der Waals surface area contributed by atoms with Crippen molar-refractivity contribution in [2.24, 2.45) is 0 Å². The van der Waals surface area contributed by atoms with Crippen LogP contribution in [0.2, 0.25) is 0 Å². The molecule has 0 bridgehead atoms. The smallest absolute Gasteiger partial charge is 0.261 e. The molecule has 5 nitrogen and oxygen atoms in total. The number of sulfonamides is 1. The quantitative estimate of drug-likeness (QED) is 0.655. The molecule has 0 aliphatic rings. The average molecular weight is 394 g/mol. The minimum atomic E-state index is -3.78. The lowest BCUT2D eigenvalue weighted by atomic mass is 10.1. The van der Waals surface area contributed by atoms with Gasteiger partial charge in [0.25, 0.3) is 15.9 Å². The number of aryl methyl sites for hydroxylation is 1. The molecule has 2 N–H and O–H groups in total. The highest BCUT2D eigenvalue weighted by molar-refractivity contribution is 7.92. The Labute approximate surface area is 165 Å². The number of anilines is 1. The lowest BCUT2D eigenvalue weighted by Gasteiger charge is -2.15. The molecule has 1 amide bonds. The Bertz CT molecular complexity index is 1060. The second-order valence-electron chi connectivity index (χ2n) is 6.61. The number of nitrogens with one attached hydrogen (secondary N) is 2. The second kappa shape index (κ2) is 8.27. The monoisotopic (exact) mass is 394 g/mol. The van der Waals surface area contributed by atoms with Crippen LogP contribution in [0.25, 0.3) is 0 Å². The zero-order valence-corrected chi connectivity index (χ0v) is 16.5. The minimum absolute atomic E-state index is 0.0343. The van der Waals surface area contributed by atoms with Gasteiger partial charge in [-0.15, -0.1) is 0 Å². The van der Waals surface area contributed by atoms with Crippen molar-refractivity contribution in [3.05, 3.63) is 95.6 Å². The van der Waals surface area contributed by atoms with Gasteiger partial charge in [-0.3, -0.25) is 9.52 Å². The molecule has 0 radical (unpaired) electrons. The first-order valence-corrected chi connectivity index (χ1v) is 10.4. The highest BCUT2D eigenvalue weighted by Gasteiger charge is 2.17. The van der Waals surface area contributed by atoms with E-state index in [0.29, 0.717) is 5.69 Å². The van der Waals surface area contributed by atoms with E-state index in [9.17, 15) is 13.2 Å². The Kier molecular flexibility index (Phi) is 5.80. The van der Waals surface area contributed by atoms with Crippen LogP contribution in [0.1, 0.15) is 34.5 Å². The summed E-state index contributed by atoms with van der Waals surface area (Å²) in [6.07, 6.45) is 0. The van der Waals surface area contributed by atoms with Gasteiger partial charge in [0.1, 0.15) is 0 Å². The van der Waals surface area contributed by atoms with Gasteiger partial charge >= 0.3 is 0 Å². The summed E-state index contributed by atoms with van der Waals surface area (Å²) in [5.74, 6) is -0.329. The van der Waals surface area contributed by atoms with Crippen molar-refractivity contribution in [2.45, 2.75) is 24.8 Å². The Morgan fingerprint density at radius 1 is 0.893 bits per heavy atom. The summed E-state index contributed by atoms with van der Waals surface area (Å²) in [6, 6.07) is 22.3. The van der Waals surface area contributed by atoms with Crippen LogP contribution < -0.4 is 10.0 Å². The van der Waals surface area contributed by atoms with Crippen molar-refractivity contribution in [2.75, 3.05) is 4.72 Å². The Hall–Kier alpha value is -3.12. The first kappa shape index (κ1) is 19.6. The van der Waals surface area contributed by atoms with Crippen LogP contribution in [-0.2, 0) is 10.0 Å². The third-order valence-electron chi connectivity index (χ3n) is 4.36. The molecule has 1 atom stereocenters. The molecular formula is C22H22N2O3S. The molecule has 0 fully saturated rings. The van der Waals surface area contributed by atoms with Crippen LogP contribution in [0.4, 0.5) is 5.69 Å². The summed E-state index contributed by atoms with van der Waals surface area (Å²) in [4.78, 5) is 12.6. The second-order valence-corrected chi connectivity index (χ2v) is 8.29. The van der Waals surface area contributed by atoms with E-state index in [1.807, 2.05) is 38.1 Å². The fraction of sp³-hybridized carbons (Fsp3) is 0.136. The van der Waals surface area contributed by atoms with Crippen LogP contribution in [0.15, 0.2) is 83.8 Å². The third-order valence-corrected chi connectivity index (χ3v) is 5.74. The number of benzene rings is 3.